The van der Waals surface area contributed by atoms with E-state index in [1.807, 2.05) is 37.4 Å². The van der Waals surface area contributed by atoms with E-state index in [1.54, 1.807) is 36.2 Å². The fraction of sp³-hybridized carbons (Fsp3) is 0.200. The zero-order valence-corrected chi connectivity index (χ0v) is 17.1. The average Bonchev–Trinajstić information content (AvgIpc) is 3.24. The summed E-state index contributed by atoms with van der Waals surface area (Å²) in [7, 11) is 1.80. The largest absolute Gasteiger partial charge is 0.493 e. The summed E-state index contributed by atoms with van der Waals surface area (Å²) in [5.74, 6) is 0.235. The van der Waals surface area contributed by atoms with E-state index in [2.05, 4.69) is 4.99 Å². The van der Waals surface area contributed by atoms with Crippen LogP contribution in [0.25, 0.3) is 11.1 Å². The minimum atomic E-state index is -0.289. The molecular weight excluding hydrogens is 379 g/mol. The van der Waals surface area contributed by atoms with Gasteiger partial charge in [-0.15, -0.1) is 0 Å². The van der Waals surface area contributed by atoms with Crippen LogP contribution in [0.5, 0.6) is 5.75 Å². The number of halogens is 1. The van der Waals surface area contributed by atoms with Crippen LogP contribution in [0.3, 0.4) is 0 Å². The van der Waals surface area contributed by atoms with Crippen molar-refractivity contribution in [1.29, 1.82) is 0 Å². The molecule has 30 heavy (non-hydrogen) atoms. The van der Waals surface area contributed by atoms with E-state index in [0.717, 1.165) is 22.3 Å². The van der Waals surface area contributed by atoms with Gasteiger partial charge < -0.3 is 9.64 Å². The maximum absolute atomic E-state index is 13.3. The number of hydrogen-bond acceptors (Lipinski definition) is 3. The Bertz CT molecular complexity index is 1110. The van der Waals surface area contributed by atoms with Crippen molar-refractivity contribution in [2.24, 2.45) is 4.99 Å². The number of carbonyl (C=O) groups excluding carboxylic acids is 1. The van der Waals surface area contributed by atoms with Gasteiger partial charge in [0, 0.05) is 30.9 Å². The number of carbonyl (C=O) groups is 1. The molecule has 0 fully saturated rings. The maximum atomic E-state index is 13.3. The topological polar surface area (TPSA) is 41.9 Å². The highest BCUT2D eigenvalue weighted by Crippen LogP contribution is 2.32. The van der Waals surface area contributed by atoms with Crippen molar-refractivity contribution in [3.05, 3.63) is 88.7 Å². The van der Waals surface area contributed by atoms with Crippen molar-refractivity contribution in [1.82, 2.24) is 4.90 Å². The zero-order chi connectivity index (χ0) is 21.1. The van der Waals surface area contributed by atoms with Gasteiger partial charge in [-0.1, -0.05) is 30.3 Å². The third kappa shape index (κ3) is 3.96. The first-order chi connectivity index (χ1) is 14.6. The van der Waals surface area contributed by atoms with Crippen LogP contribution in [0.1, 0.15) is 34.0 Å². The molecule has 0 unspecified atom stereocenters. The Morgan fingerprint density at radius 1 is 1.13 bits per heavy atom. The average molecular weight is 402 g/mol. The summed E-state index contributed by atoms with van der Waals surface area (Å²) in [6.07, 6.45) is 1.88. The first-order valence-corrected chi connectivity index (χ1v) is 9.95. The molecular formula is C25H23FN2O2. The lowest BCUT2D eigenvalue weighted by molar-refractivity contribution is 0.0784. The van der Waals surface area contributed by atoms with Crippen molar-refractivity contribution in [2.75, 3.05) is 13.7 Å². The highest BCUT2D eigenvalue weighted by molar-refractivity contribution is 5.95. The molecule has 0 saturated carbocycles. The lowest BCUT2D eigenvalue weighted by Gasteiger charge is -2.20. The molecule has 1 heterocycles. The number of nitrogens with zero attached hydrogens (tertiary/aromatic N) is 2. The Labute approximate surface area is 175 Å². The molecule has 0 bridgehead atoms. The van der Waals surface area contributed by atoms with E-state index in [-0.39, 0.29) is 11.7 Å². The fourth-order valence-electron chi connectivity index (χ4n) is 3.70. The summed E-state index contributed by atoms with van der Waals surface area (Å²) in [5.41, 5.74) is 5.63. The number of ether oxygens (including phenoxy) is 1. The van der Waals surface area contributed by atoms with E-state index in [4.69, 9.17) is 4.74 Å². The summed E-state index contributed by atoms with van der Waals surface area (Å²) in [6.45, 7) is 3.54. The molecule has 1 amide bonds. The summed E-state index contributed by atoms with van der Waals surface area (Å²) in [6, 6.07) is 17.7. The molecule has 1 aliphatic rings. The van der Waals surface area contributed by atoms with Gasteiger partial charge in [-0.25, -0.2) is 4.39 Å². The van der Waals surface area contributed by atoms with Crippen LogP contribution < -0.4 is 4.74 Å². The summed E-state index contributed by atoms with van der Waals surface area (Å²) >= 11 is 0. The number of amides is 1. The number of benzene rings is 3. The van der Waals surface area contributed by atoms with Crippen LogP contribution in [0, 0.1) is 5.82 Å². The molecule has 0 spiro atoms. The standard InChI is InChI=1S/C25H23FN2O2/c1-3-30-24-13-18(9-12-22(24)17-7-10-21(26)11-8-17)25(29)28(2)16-20-6-4-5-19-14-27-15-23(19)20/h4-14H,3,15-16H2,1-2H3. The predicted molar refractivity (Wildman–Crippen MR) is 117 cm³/mol. The molecule has 3 aromatic carbocycles. The summed E-state index contributed by atoms with van der Waals surface area (Å²) in [5, 5.41) is 0. The molecule has 4 nitrogen and oxygen atoms in total. The highest BCUT2D eigenvalue weighted by atomic mass is 19.1. The van der Waals surface area contributed by atoms with E-state index in [1.165, 1.54) is 17.7 Å². The second kappa shape index (κ2) is 8.49. The Hall–Kier alpha value is -3.47. The van der Waals surface area contributed by atoms with Gasteiger partial charge in [-0.2, -0.15) is 0 Å². The second-order valence-electron chi connectivity index (χ2n) is 7.27. The molecule has 1 aliphatic heterocycles. The van der Waals surface area contributed by atoms with Gasteiger partial charge in [0.15, 0.2) is 0 Å². The molecule has 0 atom stereocenters. The first kappa shape index (κ1) is 19.8. The summed E-state index contributed by atoms with van der Waals surface area (Å²) < 4.78 is 19.1. The Kier molecular flexibility index (Phi) is 5.61. The van der Waals surface area contributed by atoms with Gasteiger partial charge in [-0.05, 0) is 59.5 Å². The SMILES string of the molecule is CCOc1cc(C(=O)N(C)Cc2cccc3c2CN=C3)ccc1-c1ccc(F)cc1. The number of fused-ring (bicyclic) bond motifs is 1. The molecule has 5 heteroatoms. The van der Waals surface area contributed by atoms with Crippen LogP contribution in [0.4, 0.5) is 4.39 Å². The van der Waals surface area contributed by atoms with Crippen molar-refractivity contribution in [3.8, 4) is 16.9 Å². The van der Waals surface area contributed by atoms with Crippen molar-refractivity contribution >= 4 is 12.1 Å². The Balaban J connectivity index is 1.58. The molecule has 0 radical (unpaired) electrons. The lowest BCUT2D eigenvalue weighted by Crippen LogP contribution is -2.26. The van der Waals surface area contributed by atoms with E-state index in [9.17, 15) is 9.18 Å². The maximum Gasteiger partial charge on any atom is 0.254 e. The van der Waals surface area contributed by atoms with Gasteiger partial charge in [0.1, 0.15) is 11.6 Å². The van der Waals surface area contributed by atoms with Gasteiger partial charge in [-0.3, -0.25) is 9.79 Å². The highest BCUT2D eigenvalue weighted by Gasteiger charge is 2.18. The molecule has 0 aliphatic carbocycles. The molecule has 0 aromatic heterocycles. The Morgan fingerprint density at radius 2 is 1.93 bits per heavy atom. The van der Waals surface area contributed by atoms with Crippen molar-refractivity contribution in [2.45, 2.75) is 20.0 Å². The minimum Gasteiger partial charge on any atom is -0.493 e. The predicted octanol–water partition coefficient (Wildman–Crippen LogP) is 5.10. The van der Waals surface area contributed by atoms with Gasteiger partial charge in [0.25, 0.3) is 5.91 Å². The molecule has 0 N–H and O–H groups in total. The molecule has 4 rings (SSSR count). The van der Waals surface area contributed by atoms with Gasteiger partial charge in [0.05, 0.1) is 13.2 Å². The number of aliphatic imine (C=N–C) groups is 1. The van der Waals surface area contributed by atoms with Crippen LogP contribution >= 0.6 is 0 Å². The quantitative estimate of drug-likeness (QED) is 0.576. The van der Waals surface area contributed by atoms with E-state index >= 15 is 0 Å². The van der Waals surface area contributed by atoms with E-state index in [0.29, 0.717) is 31.0 Å². The lowest BCUT2D eigenvalue weighted by atomic mass is 10.0. The molecule has 3 aromatic rings. The first-order valence-electron chi connectivity index (χ1n) is 9.95. The monoisotopic (exact) mass is 402 g/mol. The van der Waals surface area contributed by atoms with Crippen molar-refractivity contribution in [3.63, 3.8) is 0 Å². The fourth-order valence-corrected chi connectivity index (χ4v) is 3.70. The number of rotatable bonds is 6. The smallest absolute Gasteiger partial charge is 0.254 e. The molecule has 0 saturated heterocycles. The van der Waals surface area contributed by atoms with Gasteiger partial charge in [0.2, 0.25) is 0 Å². The minimum absolute atomic E-state index is 0.0851. The van der Waals surface area contributed by atoms with Crippen LogP contribution in [0.2, 0.25) is 0 Å². The second-order valence-corrected chi connectivity index (χ2v) is 7.27. The molecule has 152 valence electrons. The number of hydrogen-bond donors (Lipinski definition) is 0. The Morgan fingerprint density at radius 3 is 2.70 bits per heavy atom. The van der Waals surface area contributed by atoms with Crippen LogP contribution in [0.15, 0.2) is 65.7 Å². The summed E-state index contributed by atoms with van der Waals surface area (Å²) in [4.78, 5) is 19.1. The van der Waals surface area contributed by atoms with Crippen LogP contribution in [-0.4, -0.2) is 30.7 Å². The van der Waals surface area contributed by atoms with E-state index < -0.39 is 0 Å². The van der Waals surface area contributed by atoms with Crippen molar-refractivity contribution < 1.29 is 13.9 Å². The van der Waals surface area contributed by atoms with Crippen LogP contribution in [-0.2, 0) is 13.1 Å². The van der Waals surface area contributed by atoms with Gasteiger partial charge >= 0.3 is 0 Å². The normalized spacial score (nSPS) is 12.0. The zero-order valence-electron chi connectivity index (χ0n) is 17.1. The third-order valence-electron chi connectivity index (χ3n) is 5.23. The third-order valence-corrected chi connectivity index (χ3v) is 5.23.